The van der Waals surface area contributed by atoms with E-state index in [-0.39, 0.29) is 21.5 Å². The van der Waals surface area contributed by atoms with Crippen LogP contribution < -0.4 is 5.32 Å². The predicted octanol–water partition coefficient (Wildman–Crippen LogP) is 2.50. The first-order chi connectivity index (χ1) is 10.5. The fraction of sp³-hybridized carbons (Fsp3) is 0.533. The molecule has 2 rings (SSSR count). The second-order valence-corrected chi connectivity index (χ2v) is 6.31. The van der Waals surface area contributed by atoms with Gasteiger partial charge < -0.3 is 15.1 Å². The number of carbonyl (C=O) groups excluding carboxylic acids is 1. The van der Waals surface area contributed by atoms with Crippen LogP contribution in [0.1, 0.15) is 16.8 Å². The molecule has 0 aromatic heterocycles. The number of piperazine rings is 1. The van der Waals surface area contributed by atoms with Crippen molar-refractivity contribution in [2.24, 2.45) is 0 Å². The number of nitrogens with one attached hydrogen (secondary N) is 1. The summed E-state index contributed by atoms with van der Waals surface area (Å²) in [5, 5.41) is 2.83. The largest absolute Gasteiger partial charge is 0.352 e. The van der Waals surface area contributed by atoms with Gasteiger partial charge in [0.1, 0.15) is 5.82 Å². The first-order valence-corrected chi connectivity index (χ1v) is 8.06. The molecule has 22 heavy (non-hydrogen) atoms. The van der Waals surface area contributed by atoms with Gasteiger partial charge in [-0.1, -0.05) is 23.2 Å². The van der Waals surface area contributed by atoms with Crippen molar-refractivity contribution in [1.29, 1.82) is 0 Å². The third kappa shape index (κ3) is 4.81. The molecule has 1 aromatic carbocycles. The predicted molar refractivity (Wildman–Crippen MR) is 87.3 cm³/mol. The molecule has 1 aliphatic heterocycles. The summed E-state index contributed by atoms with van der Waals surface area (Å²) >= 11 is 11.5. The lowest BCUT2D eigenvalue weighted by Crippen LogP contribution is -2.45. The van der Waals surface area contributed by atoms with Crippen LogP contribution in [0.5, 0.6) is 0 Å². The van der Waals surface area contributed by atoms with E-state index in [0.717, 1.165) is 45.2 Å². The molecule has 0 unspecified atom stereocenters. The summed E-state index contributed by atoms with van der Waals surface area (Å²) in [4.78, 5) is 16.7. The minimum absolute atomic E-state index is 0.0865. The van der Waals surface area contributed by atoms with Crippen molar-refractivity contribution in [3.05, 3.63) is 33.6 Å². The Labute approximate surface area is 140 Å². The first-order valence-electron chi connectivity index (χ1n) is 7.31. The van der Waals surface area contributed by atoms with Crippen molar-refractivity contribution >= 4 is 29.1 Å². The van der Waals surface area contributed by atoms with Crippen LogP contribution in [0.25, 0.3) is 0 Å². The Balaban J connectivity index is 1.75. The normalized spacial score (nSPS) is 16.7. The molecule has 1 heterocycles. The van der Waals surface area contributed by atoms with Crippen LogP contribution >= 0.6 is 23.2 Å². The smallest absolute Gasteiger partial charge is 0.252 e. The average Bonchev–Trinajstić information content (AvgIpc) is 2.49. The van der Waals surface area contributed by atoms with E-state index in [1.807, 2.05) is 0 Å². The van der Waals surface area contributed by atoms with Crippen molar-refractivity contribution in [3.8, 4) is 0 Å². The number of hydrogen-bond acceptors (Lipinski definition) is 3. The molecule has 1 aromatic rings. The highest BCUT2D eigenvalue weighted by atomic mass is 35.5. The Kier molecular flexibility index (Phi) is 6.44. The van der Waals surface area contributed by atoms with Crippen LogP contribution in [-0.4, -0.2) is 62.0 Å². The lowest BCUT2D eigenvalue weighted by Gasteiger charge is -2.32. The third-order valence-electron chi connectivity index (χ3n) is 3.79. The van der Waals surface area contributed by atoms with Crippen LogP contribution in [0.15, 0.2) is 12.1 Å². The van der Waals surface area contributed by atoms with Crippen molar-refractivity contribution in [2.45, 2.75) is 6.42 Å². The maximum atomic E-state index is 13.4. The van der Waals surface area contributed by atoms with Crippen LogP contribution in [0.2, 0.25) is 10.0 Å². The molecule has 0 atom stereocenters. The van der Waals surface area contributed by atoms with Gasteiger partial charge in [-0.2, -0.15) is 0 Å². The number of benzene rings is 1. The summed E-state index contributed by atoms with van der Waals surface area (Å²) in [6.07, 6.45) is 0.850. The molecule has 1 N–H and O–H groups in total. The summed E-state index contributed by atoms with van der Waals surface area (Å²) in [5.41, 5.74) is 0.114. The number of hydrogen-bond donors (Lipinski definition) is 1. The minimum atomic E-state index is -0.645. The highest BCUT2D eigenvalue weighted by molar-refractivity contribution is 6.36. The summed E-state index contributed by atoms with van der Waals surface area (Å²) in [7, 11) is 2.12. The molecule has 1 aliphatic rings. The number of likely N-dealkylation sites (N-methyl/N-ethyl adjacent to an activating group) is 1. The molecule has 1 fully saturated rings. The van der Waals surface area contributed by atoms with Gasteiger partial charge in [0.2, 0.25) is 0 Å². The molecule has 0 bridgehead atoms. The number of halogens is 3. The summed E-state index contributed by atoms with van der Waals surface area (Å²) in [6.45, 7) is 5.73. The molecule has 0 aliphatic carbocycles. The van der Waals surface area contributed by atoms with Crippen LogP contribution in [0.3, 0.4) is 0 Å². The monoisotopic (exact) mass is 347 g/mol. The fourth-order valence-electron chi connectivity index (χ4n) is 2.37. The fourth-order valence-corrected chi connectivity index (χ4v) is 2.84. The minimum Gasteiger partial charge on any atom is -0.352 e. The van der Waals surface area contributed by atoms with Gasteiger partial charge in [0.05, 0.1) is 15.6 Å². The van der Waals surface area contributed by atoms with Crippen molar-refractivity contribution in [2.75, 3.05) is 46.3 Å². The molecule has 4 nitrogen and oxygen atoms in total. The number of amides is 1. The Bertz CT molecular complexity index is 534. The van der Waals surface area contributed by atoms with Gasteiger partial charge in [0.15, 0.2) is 0 Å². The van der Waals surface area contributed by atoms with Crippen molar-refractivity contribution < 1.29 is 9.18 Å². The van der Waals surface area contributed by atoms with Gasteiger partial charge >= 0.3 is 0 Å². The summed E-state index contributed by atoms with van der Waals surface area (Å²) in [6, 6.07) is 2.32. The highest BCUT2D eigenvalue weighted by Gasteiger charge is 2.15. The molecule has 0 saturated carbocycles. The number of rotatable bonds is 5. The zero-order valence-corrected chi connectivity index (χ0v) is 14.1. The van der Waals surface area contributed by atoms with Crippen molar-refractivity contribution in [3.63, 3.8) is 0 Å². The van der Waals surface area contributed by atoms with E-state index in [9.17, 15) is 9.18 Å². The summed E-state index contributed by atoms with van der Waals surface area (Å²) < 4.78 is 13.4. The van der Waals surface area contributed by atoms with E-state index in [0.29, 0.717) is 6.54 Å². The first kappa shape index (κ1) is 17.5. The van der Waals surface area contributed by atoms with Gasteiger partial charge in [0.25, 0.3) is 5.91 Å². The molecule has 7 heteroatoms. The lowest BCUT2D eigenvalue weighted by atomic mass is 10.2. The van der Waals surface area contributed by atoms with Gasteiger partial charge in [-0.15, -0.1) is 0 Å². The molecule has 0 spiro atoms. The second kappa shape index (κ2) is 8.11. The van der Waals surface area contributed by atoms with Gasteiger partial charge in [-0.25, -0.2) is 4.39 Å². The molecule has 0 radical (unpaired) electrons. The van der Waals surface area contributed by atoms with Gasteiger partial charge in [-0.05, 0) is 32.1 Å². The SMILES string of the molecule is CN1CCN(CCCNC(=O)c2cc(F)c(Cl)cc2Cl)CC1. The quantitative estimate of drug-likeness (QED) is 0.656. The zero-order valence-electron chi connectivity index (χ0n) is 12.5. The topological polar surface area (TPSA) is 35.6 Å². The Morgan fingerprint density at radius 2 is 1.91 bits per heavy atom. The van der Waals surface area contributed by atoms with Gasteiger partial charge in [-0.3, -0.25) is 4.79 Å². The van der Waals surface area contributed by atoms with E-state index in [1.165, 1.54) is 6.07 Å². The van der Waals surface area contributed by atoms with E-state index < -0.39 is 5.82 Å². The number of carbonyl (C=O) groups is 1. The van der Waals surface area contributed by atoms with Crippen LogP contribution in [0.4, 0.5) is 4.39 Å². The molecule has 1 amide bonds. The Morgan fingerprint density at radius 3 is 2.59 bits per heavy atom. The van der Waals surface area contributed by atoms with Crippen LogP contribution in [-0.2, 0) is 0 Å². The van der Waals surface area contributed by atoms with E-state index in [4.69, 9.17) is 23.2 Å². The zero-order chi connectivity index (χ0) is 16.1. The maximum absolute atomic E-state index is 13.4. The lowest BCUT2D eigenvalue weighted by molar-refractivity contribution is 0.0949. The molecule has 122 valence electrons. The highest BCUT2D eigenvalue weighted by Crippen LogP contribution is 2.24. The van der Waals surface area contributed by atoms with Crippen LogP contribution in [0, 0.1) is 5.82 Å². The Hall–Kier alpha value is -0.880. The van der Waals surface area contributed by atoms with Gasteiger partial charge in [0, 0.05) is 32.7 Å². The average molecular weight is 348 g/mol. The van der Waals surface area contributed by atoms with E-state index in [1.54, 1.807) is 0 Å². The Morgan fingerprint density at radius 1 is 1.23 bits per heavy atom. The second-order valence-electron chi connectivity index (χ2n) is 5.50. The third-order valence-corrected chi connectivity index (χ3v) is 4.39. The summed E-state index contributed by atoms with van der Waals surface area (Å²) in [5.74, 6) is -1.02. The molecular weight excluding hydrogens is 328 g/mol. The maximum Gasteiger partial charge on any atom is 0.252 e. The standard InChI is InChI=1S/C15H20Cl2FN3O/c1-20-5-7-21(8-6-20)4-2-3-19-15(22)11-9-14(18)13(17)10-12(11)16/h9-10H,2-8H2,1H3,(H,19,22). The van der Waals surface area contributed by atoms with E-state index in [2.05, 4.69) is 22.2 Å². The molecule has 1 saturated heterocycles. The molecular formula is C15H20Cl2FN3O. The number of nitrogens with zero attached hydrogens (tertiary/aromatic N) is 2. The van der Waals surface area contributed by atoms with E-state index >= 15 is 0 Å². The van der Waals surface area contributed by atoms with Crippen molar-refractivity contribution in [1.82, 2.24) is 15.1 Å².